The maximum atomic E-state index is 13.9. The van der Waals surface area contributed by atoms with Gasteiger partial charge in [-0.15, -0.1) is 0 Å². The number of H-pyrrole nitrogens is 1. The Bertz CT molecular complexity index is 1290. The molecule has 33 heavy (non-hydrogen) atoms. The first-order valence-corrected chi connectivity index (χ1v) is 9.66. The first-order chi connectivity index (χ1) is 15.5. The van der Waals surface area contributed by atoms with E-state index in [1.807, 2.05) is 0 Å². The molecule has 1 heterocycles. The predicted molar refractivity (Wildman–Crippen MR) is 112 cm³/mol. The van der Waals surface area contributed by atoms with Crippen LogP contribution in [-0.4, -0.2) is 19.2 Å². The number of halogens is 6. The summed E-state index contributed by atoms with van der Waals surface area (Å²) in [5.74, 6) is 1.05. The van der Waals surface area contributed by atoms with Crippen LogP contribution in [0.1, 0.15) is 11.1 Å². The molecule has 9 heteroatoms. The van der Waals surface area contributed by atoms with Crippen LogP contribution in [0.2, 0.25) is 0 Å². The Hall–Kier alpha value is -3.62. The van der Waals surface area contributed by atoms with Gasteiger partial charge in [-0.3, -0.25) is 0 Å². The number of nitrogens with one attached hydrogen (secondary N) is 1. The number of hydrogen-bond donors (Lipinski definition) is 1. The summed E-state index contributed by atoms with van der Waals surface area (Å²) < 4.78 is 92.4. The topological polar surface area (TPSA) is 34.2 Å². The van der Waals surface area contributed by atoms with Gasteiger partial charge in [0.15, 0.2) is 0 Å². The van der Waals surface area contributed by atoms with E-state index in [1.165, 1.54) is 14.2 Å². The van der Waals surface area contributed by atoms with Crippen LogP contribution in [0.5, 0.6) is 11.5 Å². The average molecular weight is 465 g/mol. The van der Waals surface area contributed by atoms with E-state index in [4.69, 9.17) is 9.47 Å². The zero-order valence-electron chi connectivity index (χ0n) is 17.4. The molecule has 1 aromatic heterocycles. The standard InChI is InChI=1S/C24H17F6NO2/c1-32-15-7-3-13(4-8-15)19-17-11-12-18(23(25,26)27)20(24(28,29)30)22(17)31-21(19)14-5-9-16(33-2)10-6-14/h3-12,31H,1-2H3. The van der Waals surface area contributed by atoms with Crippen LogP contribution in [0, 0.1) is 0 Å². The number of rotatable bonds is 4. The lowest BCUT2D eigenvalue weighted by Crippen LogP contribution is -2.17. The Labute approximate surface area is 184 Å². The summed E-state index contributed by atoms with van der Waals surface area (Å²) in [6.07, 6.45) is -10.4. The molecule has 0 saturated heterocycles. The number of alkyl halides is 6. The van der Waals surface area contributed by atoms with Crippen LogP contribution in [-0.2, 0) is 12.4 Å². The molecule has 0 spiro atoms. The first-order valence-electron chi connectivity index (χ1n) is 9.66. The summed E-state index contributed by atoms with van der Waals surface area (Å²) >= 11 is 0. The molecule has 0 fully saturated rings. The summed E-state index contributed by atoms with van der Waals surface area (Å²) in [7, 11) is 2.94. The lowest BCUT2D eigenvalue weighted by Gasteiger charge is -2.16. The fraction of sp³-hybridized carbons (Fsp3) is 0.167. The summed E-state index contributed by atoms with van der Waals surface area (Å²) in [5.41, 5.74) is -2.53. The zero-order chi connectivity index (χ0) is 24.0. The van der Waals surface area contributed by atoms with E-state index < -0.39 is 29.0 Å². The van der Waals surface area contributed by atoms with Crippen molar-refractivity contribution in [2.75, 3.05) is 14.2 Å². The first kappa shape index (κ1) is 22.6. The normalized spacial score (nSPS) is 12.2. The van der Waals surface area contributed by atoms with Crippen molar-refractivity contribution in [2.24, 2.45) is 0 Å². The molecule has 4 rings (SSSR count). The Balaban J connectivity index is 2.09. The minimum atomic E-state index is -5.23. The van der Waals surface area contributed by atoms with Crippen molar-refractivity contribution in [1.82, 2.24) is 4.98 Å². The lowest BCUT2D eigenvalue weighted by atomic mass is 9.95. The van der Waals surface area contributed by atoms with Gasteiger partial charge in [0, 0.05) is 10.9 Å². The fourth-order valence-corrected chi connectivity index (χ4v) is 3.83. The summed E-state index contributed by atoms with van der Waals surface area (Å²) in [5, 5.41) is 0.0197. The van der Waals surface area contributed by atoms with Gasteiger partial charge in [-0.05, 0) is 53.6 Å². The van der Waals surface area contributed by atoms with Gasteiger partial charge in [0.25, 0.3) is 0 Å². The number of aromatic nitrogens is 1. The Morgan fingerprint density at radius 1 is 0.636 bits per heavy atom. The van der Waals surface area contributed by atoms with Gasteiger partial charge in [-0.2, -0.15) is 26.3 Å². The molecule has 0 aliphatic rings. The third-order valence-electron chi connectivity index (χ3n) is 5.32. The Kier molecular flexibility index (Phi) is 5.51. The van der Waals surface area contributed by atoms with Crippen molar-refractivity contribution in [1.29, 1.82) is 0 Å². The largest absolute Gasteiger partial charge is 0.497 e. The van der Waals surface area contributed by atoms with E-state index in [0.29, 0.717) is 34.3 Å². The van der Waals surface area contributed by atoms with E-state index in [1.54, 1.807) is 48.5 Å². The summed E-state index contributed by atoms with van der Waals surface area (Å²) in [6, 6.07) is 14.5. The molecule has 0 unspecified atom stereocenters. The molecule has 0 saturated carbocycles. The Morgan fingerprint density at radius 2 is 1.15 bits per heavy atom. The maximum absolute atomic E-state index is 13.9. The van der Waals surface area contributed by atoms with Gasteiger partial charge in [0.1, 0.15) is 11.5 Å². The highest BCUT2D eigenvalue weighted by atomic mass is 19.4. The minimum absolute atomic E-state index is 0.0197. The third kappa shape index (κ3) is 4.10. The monoisotopic (exact) mass is 465 g/mol. The molecule has 3 nitrogen and oxygen atoms in total. The minimum Gasteiger partial charge on any atom is -0.497 e. The van der Waals surface area contributed by atoms with Crippen molar-refractivity contribution in [2.45, 2.75) is 12.4 Å². The number of benzene rings is 3. The van der Waals surface area contributed by atoms with Gasteiger partial charge < -0.3 is 14.5 Å². The molecule has 0 atom stereocenters. The molecule has 0 amide bonds. The van der Waals surface area contributed by atoms with Gasteiger partial charge in [-0.1, -0.05) is 18.2 Å². The number of fused-ring (bicyclic) bond motifs is 1. The van der Waals surface area contributed by atoms with Crippen LogP contribution in [0.3, 0.4) is 0 Å². The van der Waals surface area contributed by atoms with E-state index in [9.17, 15) is 26.3 Å². The van der Waals surface area contributed by atoms with Crippen molar-refractivity contribution in [3.63, 3.8) is 0 Å². The molecule has 3 aromatic carbocycles. The SMILES string of the molecule is COc1ccc(-c2[nH]c3c(C(F)(F)F)c(C(F)(F)F)ccc3c2-c2ccc(OC)cc2)cc1. The second-order valence-corrected chi connectivity index (χ2v) is 7.24. The van der Waals surface area contributed by atoms with Gasteiger partial charge in [-0.25, -0.2) is 0 Å². The molecule has 4 aromatic rings. The Morgan fingerprint density at radius 3 is 1.61 bits per heavy atom. The quantitative estimate of drug-likeness (QED) is 0.316. The summed E-state index contributed by atoms with van der Waals surface area (Å²) in [6.45, 7) is 0. The number of hydrogen-bond acceptors (Lipinski definition) is 2. The van der Waals surface area contributed by atoms with Crippen LogP contribution < -0.4 is 9.47 Å². The van der Waals surface area contributed by atoms with Crippen LogP contribution in [0.25, 0.3) is 33.3 Å². The molecular weight excluding hydrogens is 448 g/mol. The van der Waals surface area contributed by atoms with E-state index >= 15 is 0 Å². The van der Waals surface area contributed by atoms with E-state index in [2.05, 4.69) is 4.98 Å². The fourth-order valence-electron chi connectivity index (χ4n) is 3.83. The highest BCUT2D eigenvalue weighted by molar-refractivity contribution is 6.05. The van der Waals surface area contributed by atoms with Crippen molar-refractivity contribution in [3.8, 4) is 33.9 Å². The van der Waals surface area contributed by atoms with Crippen LogP contribution in [0.4, 0.5) is 26.3 Å². The molecule has 0 aliphatic heterocycles. The number of aromatic amines is 1. The van der Waals surface area contributed by atoms with Crippen molar-refractivity contribution in [3.05, 3.63) is 71.8 Å². The van der Waals surface area contributed by atoms with Gasteiger partial charge in [0.05, 0.1) is 36.6 Å². The van der Waals surface area contributed by atoms with E-state index in [-0.39, 0.29) is 11.1 Å². The average Bonchev–Trinajstić information content (AvgIpc) is 3.16. The zero-order valence-corrected chi connectivity index (χ0v) is 17.4. The van der Waals surface area contributed by atoms with Gasteiger partial charge in [0.2, 0.25) is 0 Å². The van der Waals surface area contributed by atoms with E-state index in [0.717, 1.165) is 6.07 Å². The maximum Gasteiger partial charge on any atom is 0.419 e. The van der Waals surface area contributed by atoms with Crippen LogP contribution >= 0.6 is 0 Å². The van der Waals surface area contributed by atoms with Crippen LogP contribution in [0.15, 0.2) is 60.7 Å². The molecular formula is C24H17F6NO2. The smallest absolute Gasteiger partial charge is 0.419 e. The lowest BCUT2D eigenvalue weighted by molar-refractivity contribution is -0.161. The van der Waals surface area contributed by atoms with Crippen molar-refractivity contribution < 1.29 is 35.8 Å². The van der Waals surface area contributed by atoms with Crippen molar-refractivity contribution >= 4 is 10.9 Å². The molecule has 0 radical (unpaired) electrons. The molecule has 0 aliphatic carbocycles. The number of ether oxygens (including phenoxy) is 2. The highest BCUT2D eigenvalue weighted by Crippen LogP contribution is 2.48. The second kappa shape index (κ2) is 8.06. The second-order valence-electron chi connectivity index (χ2n) is 7.24. The highest BCUT2D eigenvalue weighted by Gasteiger charge is 2.45. The molecule has 1 N–H and O–H groups in total. The summed E-state index contributed by atoms with van der Waals surface area (Å²) in [4.78, 5) is 2.64. The molecule has 0 bridgehead atoms. The third-order valence-corrected chi connectivity index (χ3v) is 5.32. The molecule has 172 valence electrons. The number of methoxy groups -OCH3 is 2. The van der Waals surface area contributed by atoms with Gasteiger partial charge >= 0.3 is 12.4 Å². The predicted octanol–water partition coefficient (Wildman–Crippen LogP) is 7.56.